The van der Waals surface area contributed by atoms with Crippen molar-refractivity contribution in [1.29, 1.82) is 0 Å². The number of hydrogen-bond acceptors (Lipinski definition) is 3. The zero-order valence-corrected chi connectivity index (χ0v) is 17.0. The molecule has 1 saturated carbocycles. The average Bonchev–Trinajstić information content (AvgIpc) is 3.10. The zero-order chi connectivity index (χ0) is 20.7. The number of carboxylic acids is 1. The molecule has 1 N–H and O–H groups in total. The molecule has 0 bridgehead atoms. The topological polar surface area (TPSA) is 66.8 Å². The lowest BCUT2D eigenvalue weighted by Gasteiger charge is -2.44. The first-order valence-corrected chi connectivity index (χ1v) is 11.0. The highest BCUT2D eigenvalue weighted by atomic mass is 16.6. The Hall–Kier alpha value is -2.82. The highest BCUT2D eigenvalue weighted by Gasteiger charge is 2.43. The minimum Gasteiger partial charge on any atom is -0.480 e. The van der Waals surface area contributed by atoms with E-state index in [1.54, 1.807) is 0 Å². The SMILES string of the molecule is O=C(O)[C@H]1C[C@@H]2CCCC[C@@H]2CN1C(=O)OCC1c2ccccc2-c2ccccc21. The van der Waals surface area contributed by atoms with E-state index in [4.69, 9.17) is 4.74 Å². The maximum absolute atomic E-state index is 13.0. The summed E-state index contributed by atoms with van der Waals surface area (Å²) in [5.41, 5.74) is 4.68. The summed E-state index contributed by atoms with van der Waals surface area (Å²) in [6, 6.07) is 15.7. The van der Waals surface area contributed by atoms with Gasteiger partial charge in [-0.25, -0.2) is 9.59 Å². The lowest BCUT2D eigenvalue weighted by molar-refractivity contribution is -0.146. The number of fused-ring (bicyclic) bond motifs is 4. The van der Waals surface area contributed by atoms with Crippen molar-refractivity contribution in [3.63, 3.8) is 0 Å². The van der Waals surface area contributed by atoms with Crippen LogP contribution in [-0.2, 0) is 9.53 Å². The van der Waals surface area contributed by atoms with E-state index in [2.05, 4.69) is 24.3 Å². The van der Waals surface area contributed by atoms with Crippen LogP contribution in [0, 0.1) is 11.8 Å². The Bertz CT molecular complexity index is 926. The first-order chi connectivity index (χ1) is 14.6. The largest absolute Gasteiger partial charge is 0.480 e. The van der Waals surface area contributed by atoms with Gasteiger partial charge in [-0.3, -0.25) is 4.90 Å². The minimum atomic E-state index is -0.924. The molecule has 3 atom stereocenters. The minimum absolute atomic E-state index is 0.0168. The van der Waals surface area contributed by atoms with E-state index in [1.807, 2.05) is 24.3 Å². The molecule has 0 spiro atoms. The van der Waals surface area contributed by atoms with Gasteiger partial charge in [0, 0.05) is 12.5 Å². The summed E-state index contributed by atoms with van der Waals surface area (Å²) in [6.45, 7) is 0.724. The van der Waals surface area contributed by atoms with E-state index in [0.29, 0.717) is 24.8 Å². The van der Waals surface area contributed by atoms with Crippen molar-refractivity contribution in [1.82, 2.24) is 4.90 Å². The molecule has 2 aromatic carbocycles. The quantitative estimate of drug-likeness (QED) is 0.789. The van der Waals surface area contributed by atoms with Gasteiger partial charge in [-0.15, -0.1) is 0 Å². The third kappa shape index (κ3) is 3.26. The van der Waals surface area contributed by atoms with Crippen LogP contribution in [-0.4, -0.2) is 41.3 Å². The van der Waals surface area contributed by atoms with Crippen LogP contribution in [0.25, 0.3) is 11.1 Å². The number of benzene rings is 2. The molecule has 2 aliphatic carbocycles. The Balaban J connectivity index is 1.34. The fraction of sp³-hybridized carbons (Fsp3) is 0.440. The number of amides is 1. The van der Waals surface area contributed by atoms with Gasteiger partial charge in [0.05, 0.1) is 0 Å². The molecule has 2 fully saturated rings. The van der Waals surface area contributed by atoms with Crippen molar-refractivity contribution in [2.45, 2.75) is 44.1 Å². The molecule has 1 heterocycles. The van der Waals surface area contributed by atoms with Crippen LogP contribution in [0.15, 0.2) is 48.5 Å². The molecule has 0 unspecified atom stereocenters. The van der Waals surface area contributed by atoms with Crippen molar-refractivity contribution in [2.24, 2.45) is 11.8 Å². The predicted molar refractivity (Wildman–Crippen MR) is 113 cm³/mol. The standard InChI is InChI=1S/C25H27NO4/c27-24(28)23-13-16-7-1-2-8-17(16)14-26(23)25(29)30-15-22-20-11-5-3-9-18(20)19-10-4-6-12-21(19)22/h3-6,9-12,16-17,22-23H,1-2,7-8,13-15H2,(H,27,28)/t16-,17+,23+/m0/s1. The van der Waals surface area contributed by atoms with Gasteiger partial charge in [0.2, 0.25) is 0 Å². The van der Waals surface area contributed by atoms with Gasteiger partial charge in [-0.05, 0) is 46.9 Å². The number of piperidine rings is 1. The molecule has 1 amide bonds. The number of rotatable bonds is 3. The van der Waals surface area contributed by atoms with Gasteiger partial charge in [-0.1, -0.05) is 67.8 Å². The van der Waals surface area contributed by atoms with E-state index in [0.717, 1.165) is 30.4 Å². The highest BCUT2D eigenvalue weighted by molar-refractivity contribution is 5.81. The third-order valence-electron chi connectivity index (χ3n) is 7.26. The summed E-state index contributed by atoms with van der Waals surface area (Å²) in [5, 5.41) is 9.74. The first-order valence-electron chi connectivity index (χ1n) is 11.0. The predicted octanol–water partition coefficient (Wildman–Crippen LogP) is 4.90. The zero-order valence-electron chi connectivity index (χ0n) is 17.0. The van der Waals surface area contributed by atoms with Gasteiger partial charge in [0.15, 0.2) is 0 Å². The van der Waals surface area contributed by atoms with Crippen molar-refractivity contribution < 1.29 is 19.4 Å². The van der Waals surface area contributed by atoms with E-state index < -0.39 is 18.1 Å². The maximum atomic E-state index is 13.0. The van der Waals surface area contributed by atoms with Crippen LogP contribution in [0.3, 0.4) is 0 Å². The van der Waals surface area contributed by atoms with Gasteiger partial charge < -0.3 is 9.84 Å². The van der Waals surface area contributed by atoms with Crippen molar-refractivity contribution in [2.75, 3.05) is 13.2 Å². The second kappa shape index (κ2) is 7.78. The Morgan fingerprint density at radius 3 is 2.17 bits per heavy atom. The van der Waals surface area contributed by atoms with Gasteiger partial charge >= 0.3 is 12.1 Å². The lowest BCUT2D eigenvalue weighted by Crippen LogP contribution is -2.54. The number of aliphatic carboxylic acids is 1. The maximum Gasteiger partial charge on any atom is 0.410 e. The molecule has 156 valence electrons. The molecule has 5 heteroatoms. The Labute approximate surface area is 176 Å². The number of likely N-dealkylation sites (tertiary alicyclic amines) is 1. The highest BCUT2D eigenvalue weighted by Crippen LogP contribution is 2.45. The Kier molecular flexibility index (Phi) is 4.97. The van der Waals surface area contributed by atoms with Crippen LogP contribution in [0.4, 0.5) is 4.79 Å². The first kappa shape index (κ1) is 19.2. The van der Waals surface area contributed by atoms with Crippen LogP contribution in [0.1, 0.15) is 49.1 Å². The summed E-state index contributed by atoms with van der Waals surface area (Å²) in [7, 11) is 0. The van der Waals surface area contributed by atoms with Crippen LogP contribution >= 0.6 is 0 Å². The second-order valence-electron chi connectivity index (χ2n) is 8.85. The number of hydrogen-bond donors (Lipinski definition) is 1. The normalized spacial score (nSPS) is 25.2. The molecular weight excluding hydrogens is 378 g/mol. The van der Waals surface area contributed by atoms with E-state index in [1.165, 1.54) is 22.4 Å². The number of carboxylic acid groups (broad SMARTS) is 1. The van der Waals surface area contributed by atoms with Gasteiger partial charge in [0.1, 0.15) is 12.6 Å². The number of nitrogens with zero attached hydrogens (tertiary/aromatic N) is 1. The summed E-state index contributed by atoms with van der Waals surface area (Å²) >= 11 is 0. The van der Waals surface area contributed by atoms with Crippen molar-refractivity contribution >= 4 is 12.1 Å². The molecular formula is C25H27NO4. The summed E-state index contributed by atoms with van der Waals surface area (Å²) in [4.78, 5) is 26.4. The monoisotopic (exact) mass is 405 g/mol. The molecule has 0 aromatic heterocycles. The molecule has 1 aliphatic heterocycles. The fourth-order valence-corrected chi connectivity index (χ4v) is 5.74. The third-order valence-corrected chi connectivity index (χ3v) is 7.26. The molecule has 30 heavy (non-hydrogen) atoms. The molecule has 5 nitrogen and oxygen atoms in total. The van der Waals surface area contributed by atoms with Crippen molar-refractivity contribution in [3.05, 3.63) is 59.7 Å². The van der Waals surface area contributed by atoms with Crippen LogP contribution < -0.4 is 0 Å². The molecule has 1 saturated heterocycles. The van der Waals surface area contributed by atoms with Crippen LogP contribution in [0.5, 0.6) is 0 Å². The number of carbonyl (C=O) groups excluding carboxylic acids is 1. The Morgan fingerprint density at radius 1 is 0.933 bits per heavy atom. The van der Waals surface area contributed by atoms with E-state index in [9.17, 15) is 14.7 Å². The molecule has 5 rings (SSSR count). The summed E-state index contributed by atoms with van der Waals surface area (Å²) in [6.07, 6.45) is 4.53. The second-order valence-corrected chi connectivity index (χ2v) is 8.85. The smallest absolute Gasteiger partial charge is 0.410 e. The Morgan fingerprint density at radius 2 is 1.53 bits per heavy atom. The molecule has 0 radical (unpaired) electrons. The number of ether oxygens (including phenoxy) is 1. The van der Waals surface area contributed by atoms with E-state index in [-0.39, 0.29) is 12.5 Å². The average molecular weight is 405 g/mol. The molecule has 2 aromatic rings. The summed E-state index contributed by atoms with van der Waals surface area (Å²) < 4.78 is 5.76. The van der Waals surface area contributed by atoms with Crippen molar-refractivity contribution in [3.8, 4) is 11.1 Å². The van der Waals surface area contributed by atoms with Gasteiger partial charge in [-0.2, -0.15) is 0 Å². The lowest BCUT2D eigenvalue weighted by atomic mass is 9.73. The van der Waals surface area contributed by atoms with Crippen LogP contribution in [0.2, 0.25) is 0 Å². The fourth-order valence-electron chi connectivity index (χ4n) is 5.74. The van der Waals surface area contributed by atoms with E-state index >= 15 is 0 Å². The summed E-state index contributed by atoms with van der Waals surface area (Å²) in [5.74, 6) is -0.128. The van der Waals surface area contributed by atoms with Gasteiger partial charge in [0.25, 0.3) is 0 Å². The number of carbonyl (C=O) groups is 2. The molecule has 3 aliphatic rings.